The average Bonchev–Trinajstić information content (AvgIpc) is 3.33. The largest absolute Gasteiger partial charge is 0.377 e. The van der Waals surface area contributed by atoms with Crippen LogP contribution in [0.25, 0.3) is 0 Å². The molecule has 0 bridgehead atoms. The zero-order chi connectivity index (χ0) is 27.5. The Morgan fingerprint density at radius 3 is 1.97 bits per heavy atom. The van der Waals surface area contributed by atoms with Gasteiger partial charge >= 0.3 is 0 Å². The summed E-state index contributed by atoms with van der Waals surface area (Å²) in [4.78, 5) is 37.2. The van der Waals surface area contributed by atoms with Crippen LogP contribution in [0.1, 0.15) is 59.3 Å². The van der Waals surface area contributed by atoms with Gasteiger partial charge in [-0.1, -0.05) is 80.4 Å². The number of hydrogen-bond donors (Lipinski definition) is 3. The number of amides is 1. The maximum Gasteiger partial charge on any atom is 0.253 e. The lowest BCUT2D eigenvalue weighted by atomic mass is 9.89. The Kier molecular flexibility index (Phi) is 8.52. The zero-order valence-corrected chi connectivity index (χ0v) is 24.0. The molecule has 5 rings (SSSR count). The van der Waals surface area contributed by atoms with Crippen LogP contribution in [-0.2, 0) is 4.79 Å². The van der Waals surface area contributed by atoms with Gasteiger partial charge in [0.2, 0.25) is 5.91 Å². The fourth-order valence-electron chi connectivity index (χ4n) is 6.81. The second-order valence-corrected chi connectivity index (χ2v) is 13.8. The van der Waals surface area contributed by atoms with Gasteiger partial charge < -0.3 is 16.0 Å². The molecule has 2 aliphatic rings. The molecule has 0 radical (unpaired) electrons. The first-order valence-corrected chi connectivity index (χ1v) is 15.8. The van der Waals surface area contributed by atoms with Crippen molar-refractivity contribution in [2.75, 3.05) is 10.6 Å². The lowest BCUT2D eigenvalue weighted by Crippen LogP contribution is -2.50. The van der Waals surface area contributed by atoms with Crippen LogP contribution in [-0.4, -0.2) is 29.7 Å². The van der Waals surface area contributed by atoms with Crippen molar-refractivity contribution in [3.05, 3.63) is 81.1 Å². The molecule has 3 aromatic carbocycles. The molecule has 0 spiro atoms. The fourth-order valence-corrected chi connectivity index (χ4v) is 10.2. The summed E-state index contributed by atoms with van der Waals surface area (Å²) in [5.41, 5.74) is 0.376. The number of rotatable bonds is 9. The van der Waals surface area contributed by atoms with Gasteiger partial charge in [0.1, 0.15) is 11.4 Å². The Balaban J connectivity index is 1.38. The summed E-state index contributed by atoms with van der Waals surface area (Å²) in [6.07, 6.45) is 6.05. The first kappa shape index (κ1) is 27.6. The van der Waals surface area contributed by atoms with Crippen LogP contribution in [0.15, 0.2) is 70.3 Å². The Labute approximate surface area is 232 Å². The first-order chi connectivity index (χ1) is 18.8. The van der Waals surface area contributed by atoms with Gasteiger partial charge in [0.05, 0.1) is 0 Å². The van der Waals surface area contributed by atoms with E-state index in [-0.39, 0.29) is 24.0 Å². The molecule has 6 nitrogen and oxygen atoms in total. The van der Waals surface area contributed by atoms with Crippen LogP contribution < -0.4 is 37.4 Å². The van der Waals surface area contributed by atoms with E-state index in [9.17, 15) is 14.4 Å². The van der Waals surface area contributed by atoms with Crippen molar-refractivity contribution in [3.8, 4) is 0 Å². The van der Waals surface area contributed by atoms with Crippen LogP contribution in [0, 0.1) is 11.8 Å². The molecule has 3 N–H and O–H groups in total. The predicted molar refractivity (Wildman–Crippen MR) is 163 cm³/mol. The number of carbonyl (C=O) groups is 1. The van der Waals surface area contributed by atoms with Crippen molar-refractivity contribution < 1.29 is 4.79 Å². The van der Waals surface area contributed by atoms with Crippen LogP contribution in [0.3, 0.4) is 0 Å². The molecule has 2 unspecified atom stereocenters. The zero-order valence-electron chi connectivity index (χ0n) is 23.2. The highest BCUT2D eigenvalue weighted by Gasteiger charge is 2.43. The molecule has 2 fully saturated rings. The van der Waals surface area contributed by atoms with Gasteiger partial charge in [-0.2, -0.15) is 0 Å². The van der Waals surface area contributed by atoms with Gasteiger partial charge in [0.15, 0.2) is 0 Å². The second-order valence-electron chi connectivity index (χ2n) is 11.4. The van der Waals surface area contributed by atoms with Crippen LogP contribution in [0.2, 0.25) is 0 Å². The highest BCUT2D eigenvalue weighted by Crippen LogP contribution is 2.53. The van der Waals surface area contributed by atoms with E-state index in [1.54, 1.807) is 0 Å². The van der Waals surface area contributed by atoms with Crippen molar-refractivity contribution in [3.63, 3.8) is 0 Å². The number of benzene rings is 2. The lowest BCUT2D eigenvalue weighted by molar-refractivity contribution is -0.119. The first-order valence-electron chi connectivity index (χ1n) is 14.4. The Bertz CT molecular complexity index is 1300. The van der Waals surface area contributed by atoms with E-state index in [0.29, 0.717) is 28.9 Å². The minimum absolute atomic E-state index is 0.0358. The van der Waals surface area contributed by atoms with E-state index in [0.717, 1.165) is 38.5 Å². The minimum atomic E-state index is -0.598. The molecular formula is C32H40N3O3P. The van der Waals surface area contributed by atoms with Gasteiger partial charge in [-0.15, -0.1) is 0 Å². The Hall–Kier alpha value is -2.98. The van der Waals surface area contributed by atoms with Gasteiger partial charge in [-0.05, 0) is 68.6 Å². The lowest BCUT2D eigenvalue weighted by Gasteiger charge is -2.37. The van der Waals surface area contributed by atoms with Crippen LogP contribution in [0.5, 0.6) is 0 Å². The maximum atomic E-state index is 12.8. The molecule has 0 saturated heterocycles. The number of nitrogens with one attached hydrogen (secondary N) is 3. The van der Waals surface area contributed by atoms with Crippen molar-refractivity contribution >= 4 is 35.8 Å². The van der Waals surface area contributed by atoms with E-state index in [2.05, 4.69) is 90.5 Å². The SMILES string of the molecule is CC(=O)N[C@H]1CCCC[C@@H]1Nc1c(N[C@H](C)[C@@H]2CCC(C)C2P(c2ccccc2)c2ccccc2)c(=O)c1=O. The topological polar surface area (TPSA) is 87.3 Å². The molecule has 3 aromatic rings. The van der Waals surface area contributed by atoms with Gasteiger partial charge in [-0.25, -0.2) is 0 Å². The number of carbonyl (C=O) groups excluding carboxylic acids is 1. The third-order valence-electron chi connectivity index (χ3n) is 8.75. The normalized spacial score (nSPS) is 25.9. The molecule has 7 heteroatoms. The van der Waals surface area contributed by atoms with Crippen LogP contribution in [0.4, 0.5) is 11.4 Å². The molecule has 0 heterocycles. The third-order valence-corrected chi connectivity index (χ3v) is 11.9. The smallest absolute Gasteiger partial charge is 0.253 e. The van der Waals surface area contributed by atoms with E-state index < -0.39 is 18.8 Å². The molecule has 206 valence electrons. The summed E-state index contributed by atoms with van der Waals surface area (Å²) in [5.74, 6) is 0.850. The average molecular weight is 546 g/mol. The van der Waals surface area contributed by atoms with Gasteiger partial charge in [0, 0.05) is 25.0 Å². The molecule has 2 saturated carbocycles. The number of hydrogen-bond acceptors (Lipinski definition) is 5. The summed E-state index contributed by atoms with van der Waals surface area (Å²) < 4.78 is 0. The fraction of sp³-hybridized carbons (Fsp3) is 0.469. The number of anilines is 2. The van der Waals surface area contributed by atoms with Gasteiger partial charge in [-0.3, -0.25) is 14.4 Å². The summed E-state index contributed by atoms with van der Waals surface area (Å²) in [7, 11) is -0.598. The highest BCUT2D eigenvalue weighted by atomic mass is 31.1. The molecule has 0 aromatic heterocycles. The summed E-state index contributed by atoms with van der Waals surface area (Å²) >= 11 is 0. The standard InChI is InChI=1S/C32H40N3O3P/c1-20-18-19-25(32(20)39(23-12-6-4-7-13-23)24-14-8-5-9-15-24)21(2)33-28-29(31(38)30(28)37)35-27-17-11-10-16-26(27)34-22(3)36/h4-9,12-15,20-21,25-27,32-33,35H,10-11,16-19H2,1-3H3,(H,34,36)/t20?,21-,25+,26+,27+,32?/m1/s1. The molecule has 2 aliphatic carbocycles. The third kappa shape index (κ3) is 5.82. The Morgan fingerprint density at radius 2 is 1.38 bits per heavy atom. The molecule has 39 heavy (non-hydrogen) atoms. The Morgan fingerprint density at radius 1 is 0.821 bits per heavy atom. The van der Waals surface area contributed by atoms with Crippen LogP contribution >= 0.6 is 7.92 Å². The monoisotopic (exact) mass is 545 g/mol. The van der Waals surface area contributed by atoms with Crippen molar-refractivity contribution in [2.24, 2.45) is 11.8 Å². The molecule has 6 atom stereocenters. The predicted octanol–water partition coefficient (Wildman–Crippen LogP) is 4.49. The van der Waals surface area contributed by atoms with E-state index in [4.69, 9.17) is 0 Å². The van der Waals surface area contributed by atoms with Crippen molar-refractivity contribution in [2.45, 2.75) is 83.1 Å². The van der Waals surface area contributed by atoms with Crippen molar-refractivity contribution in [1.29, 1.82) is 0 Å². The van der Waals surface area contributed by atoms with Crippen molar-refractivity contribution in [1.82, 2.24) is 5.32 Å². The van der Waals surface area contributed by atoms with Gasteiger partial charge in [0.25, 0.3) is 10.9 Å². The summed E-state index contributed by atoms with van der Waals surface area (Å²) in [6, 6.07) is 21.6. The molecular weight excluding hydrogens is 505 g/mol. The highest BCUT2D eigenvalue weighted by molar-refractivity contribution is 7.73. The maximum absolute atomic E-state index is 12.8. The van der Waals surface area contributed by atoms with E-state index in [1.165, 1.54) is 17.5 Å². The van der Waals surface area contributed by atoms with E-state index >= 15 is 0 Å². The molecule has 1 amide bonds. The molecule has 0 aliphatic heterocycles. The summed E-state index contributed by atoms with van der Waals surface area (Å²) in [6.45, 7) is 6.06. The second kappa shape index (κ2) is 12.0. The van der Waals surface area contributed by atoms with E-state index in [1.807, 2.05) is 0 Å². The summed E-state index contributed by atoms with van der Waals surface area (Å²) in [5, 5.41) is 12.7. The quantitative estimate of drug-likeness (QED) is 0.273. The minimum Gasteiger partial charge on any atom is -0.377 e.